The highest BCUT2D eigenvalue weighted by Crippen LogP contribution is 2.25. The number of thiophene rings is 1. The number of benzene rings is 1. The molecule has 0 saturated carbocycles. The van der Waals surface area contributed by atoms with E-state index in [0.29, 0.717) is 4.88 Å². The molecule has 3 amide bonds. The van der Waals surface area contributed by atoms with Gasteiger partial charge < -0.3 is 10.1 Å². The molecule has 7 nitrogen and oxygen atoms in total. The van der Waals surface area contributed by atoms with Crippen molar-refractivity contribution in [3.05, 3.63) is 35.2 Å². The van der Waals surface area contributed by atoms with Gasteiger partial charge in [0.1, 0.15) is 4.88 Å². The lowest BCUT2D eigenvalue weighted by Gasteiger charge is -2.13. The smallest absolute Gasteiger partial charge is 0.348 e. The molecule has 9 heteroatoms. The highest BCUT2D eigenvalue weighted by molar-refractivity contribution is 8.14. The summed E-state index contributed by atoms with van der Waals surface area (Å²) < 4.78 is 5.96. The lowest BCUT2D eigenvalue weighted by molar-refractivity contribution is -0.126. The van der Waals surface area contributed by atoms with E-state index in [1.54, 1.807) is 6.07 Å². The molecule has 0 bridgehead atoms. The maximum Gasteiger partial charge on any atom is 0.348 e. The summed E-state index contributed by atoms with van der Waals surface area (Å²) in [7, 11) is 0. The minimum absolute atomic E-state index is 0.112. The van der Waals surface area contributed by atoms with E-state index in [-0.39, 0.29) is 30.0 Å². The third kappa shape index (κ3) is 4.18. The van der Waals surface area contributed by atoms with Gasteiger partial charge in [0, 0.05) is 17.8 Å². The molecule has 0 radical (unpaired) electrons. The Morgan fingerprint density at radius 2 is 2.04 bits per heavy atom. The summed E-state index contributed by atoms with van der Waals surface area (Å²) in [6.07, 6.45) is 0. The number of carbonyl (C=O) groups excluding carboxylic acids is 4. The van der Waals surface area contributed by atoms with Gasteiger partial charge in [0.25, 0.3) is 11.1 Å². The molecule has 0 aliphatic carbocycles. The number of imide groups is 1. The minimum Gasteiger partial charge on any atom is -0.451 e. The van der Waals surface area contributed by atoms with Crippen molar-refractivity contribution in [3.63, 3.8) is 0 Å². The Labute approximate surface area is 151 Å². The fourth-order valence-electron chi connectivity index (χ4n) is 2.24. The molecule has 0 unspecified atom stereocenters. The summed E-state index contributed by atoms with van der Waals surface area (Å²) in [5, 5.41) is 3.15. The number of hydrogen-bond acceptors (Lipinski definition) is 7. The van der Waals surface area contributed by atoms with Crippen LogP contribution in [0.15, 0.2) is 30.3 Å². The molecule has 1 N–H and O–H groups in total. The molecule has 1 aliphatic heterocycles. The van der Waals surface area contributed by atoms with E-state index in [4.69, 9.17) is 4.74 Å². The molecule has 2 heterocycles. The first-order valence-corrected chi connectivity index (χ1v) is 9.24. The van der Waals surface area contributed by atoms with Crippen molar-refractivity contribution in [3.8, 4) is 0 Å². The molecular weight excluding hydrogens is 364 g/mol. The zero-order chi connectivity index (χ0) is 17.8. The van der Waals surface area contributed by atoms with Gasteiger partial charge in [0.15, 0.2) is 6.61 Å². The highest BCUT2D eigenvalue weighted by atomic mass is 32.2. The van der Waals surface area contributed by atoms with E-state index in [9.17, 15) is 19.2 Å². The second kappa shape index (κ2) is 7.66. The quantitative estimate of drug-likeness (QED) is 0.772. The number of esters is 1. The van der Waals surface area contributed by atoms with Gasteiger partial charge in [-0.1, -0.05) is 30.0 Å². The number of fused-ring (bicyclic) bond motifs is 1. The van der Waals surface area contributed by atoms with Crippen LogP contribution in [-0.4, -0.2) is 53.4 Å². The largest absolute Gasteiger partial charge is 0.451 e. The van der Waals surface area contributed by atoms with Crippen molar-refractivity contribution in [1.82, 2.24) is 10.2 Å². The number of amides is 3. The molecule has 0 spiro atoms. The topological polar surface area (TPSA) is 92.8 Å². The SMILES string of the molecule is O=C(COC(=O)c1cc2ccccc2s1)NCCN1C(=O)CSC1=O. The lowest BCUT2D eigenvalue weighted by Crippen LogP contribution is -2.38. The molecule has 1 aliphatic rings. The first kappa shape index (κ1) is 17.4. The number of rotatable bonds is 6. The fourth-order valence-corrected chi connectivity index (χ4v) is 3.95. The summed E-state index contributed by atoms with van der Waals surface area (Å²) in [5.74, 6) is -1.17. The van der Waals surface area contributed by atoms with E-state index in [0.717, 1.165) is 26.7 Å². The van der Waals surface area contributed by atoms with Crippen molar-refractivity contribution >= 4 is 56.2 Å². The van der Waals surface area contributed by atoms with Gasteiger partial charge in [0.2, 0.25) is 5.91 Å². The fraction of sp³-hybridized carbons (Fsp3) is 0.250. The Hall–Kier alpha value is -2.39. The van der Waals surface area contributed by atoms with Gasteiger partial charge in [-0.25, -0.2) is 4.79 Å². The van der Waals surface area contributed by atoms with E-state index in [1.807, 2.05) is 24.3 Å². The van der Waals surface area contributed by atoms with Crippen LogP contribution in [0.2, 0.25) is 0 Å². The molecule has 2 aromatic rings. The Kier molecular flexibility index (Phi) is 5.34. The third-order valence-corrected chi connectivity index (χ3v) is 5.41. The van der Waals surface area contributed by atoms with E-state index in [1.165, 1.54) is 11.3 Å². The molecular formula is C16H14N2O5S2. The second-order valence-corrected chi connectivity index (χ2v) is 7.18. The van der Waals surface area contributed by atoms with Gasteiger partial charge in [0.05, 0.1) is 5.75 Å². The molecule has 25 heavy (non-hydrogen) atoms. The maximum absolute atomic E-state index is 12.0. The van der Waals surface area contributed by atoms with Crippen molar-refractivity contribution in [2.75, 3.05) is 25.4 Å². The molecule has 1 aromatic heterocycles. The maximum atomic E-state index is 12.0. The average molecular weight is 378 g/mol. The molecule has 3 rings (SSSR count). The van der Waals surface area contributed by atoms with Crippen LogP contribution in [0.3, 0.4) is 0 Å². The summed E-state index contributed by atoms with van der Waals surface area (Å²) in [5.41, 5.74) is 0. The summed E-state index contributed by atoms with van der Waals surface area (Å²) in [4.78, 5) is 48.0. The van der Waals surface area contributed by atoms with Gasteiger partial charge in [-0.05, 0) is 17.5 Å². The average Bonchev–Trinajstić information content (AvgIpc) is 3.17. The molecule has 1 fully saturated rings. The highest BCUT2D eigenvalue weighted by Gasteiger charge is 2.29. The van der Waals surface area contributed by atoms with Crippen molar-refractivity contribution in [2.24, 2.45) is 0 Å². The van der Waals surface area contributed by atoms with Crippen LogP contribution in [0.1, 0.15) is 9.67 Å². The van der Waals surface area contributed by atoms with E-state index in [2.05, 4.69) is 5.32 Å². The Balaban J connectivity index is 1.43. The molecule has 130 valence electrons. The van der Waals surface area contributed by atoms with Crippen LogP contribution in [0.25, 0.3) is 10.1 Å². The number of hydrogen-bond donors (Lipinski definition) is 1. The summed E-state index contributed by atoms with van der Waals surface area (Å²) >= 11 is 2.24. The van der Waals surface area contributed by atoms with E-state index >= 15 is 0 Å². The first-order valence-electron chi connectivity index (χ1n) is 7.44. The normalized spacial score (nSPS) is 14.2. The zero-order valence-electron chi connectivity index (χ0n) is 13.0. The van der Waals surface area contributed by atoms with Crippen molar-refractivity contribution in [1.29, 1.82) is 0 Å². The van der Waals surface area contributed by atoms with Gasteiger partial charge >= 0.3 is 5.97 Å². The van der Waals surface area contributed by atoms with Crippen LogP contribution < -0.4 is 5.32 Å². The third-order valence-electron chi connectivity index (χ3n) is 3.46. The Bertz CT molecular complexity index is 799. The first-order chi connectivity index (χ1) is 12.0. The molecule has 1 saturated heterocycles. The summed E-state index contributed by atoms with van der Waals surface area (Å²) in [6.45, 7) is -0.179. The van der Waals surface area contributed by atoms with Crippen LogP contribution in [-0.2, 0) is 14.3 Å². The Morgan fingerprint density at radius 3 is 2.76 bits per heavy atom. The summed E-state index contributed by atoms with van der Waals surface area (Å²) in [6, 6.07) is 9.29. The van der Waals surface area contributed by atoms with Crippen LogP contribution in [0.5, 0.6) is 0 Å². The zero-order valence-corrected chi connectivity index (χ0v) is 14.7. The van der Waals surface area contributed by atoms with Crippen molar-refractivity contribution < 1.29 is 23.9 Å². The second-order valence-electron chi connectivity index (χ2n) is 5.17. The minimum atomic E-state index is -0.558. The van der Waals surface area contributed by atoms with Crippen LogP contribution in [0, 0.1) is 0 Å². The number of nitrogens with zero attached hydrogens (tertiary/aromatic N) is 1. The lowest BCUT2D eigenvalue weighted by atomic mass is 10.2. The van der Waals surface area contributed by atoms with Crippen molar-refractivity contribution in [2.45, 2.75) is 0 Å². The number of thioether (sulfide) groups is 1. The monoisotopic (exact) mass is 378 g/mol. The van der Waals surface area contributed by atoms with Crippen LogP contribution in [0.4, 0.5) is 4.79 Å². The predicted octanol–water partition coefficient (Wildman–Crippen LogP) is 1.87. The number of nitrogens with one attached hydrogen (secondary N) is 1. The van der Waals surface area contributed by atoms with Gasteiger partial charge in [-0.15, -0.1) is 11.3 Å². The molecule has 1 aromatic carbocycles. The van der Waals surface area contributed by atoms with Gasteiger partial charge in [-0.2, -0.15) is 0 Å². The predicted molar refractivity (Wildman–Crippen MR) is 94.7 cm³/mol. The van der Waals surface area contributed by atoms with E-state index < -0.39 is 18.5 Å². The van der Waals surface area contributed by atoms with Crippen LogP contribution >= 0.6 is 23.1 Å². The standard InChI is InChI=1S/C16H14N2O5S2/c19-13(17-5-6-18-14(20)9-24-16(18)22)8-23-15(21)12-7-10-3-1-2-4-11(10)25-12/h1-4,7H,5-6,8-9H2,(H,17,19). The molecule has 0 atom stereocenters. The Morgan fingerprint density at radius 1 is 1.24 bits per heavy atom. The number of ether oxygens (including phenoxy) is 1. The van der Waals surface area contributed by atoms with Gasteiger partial charge in [-0.3, -0.25) is 19.3 Å². The number of carbonyl (C=O) groups is 4.